The molecule has 21 heavy (non-hydrogen) atoms. The number of ether oxygens (including phenoxy) is 1. The average molecular weight is 289 g/mol. The molecule has 1 aromatic heterocycles. The van der Waals surface area contributed by atoms with Gasteiger partial charge in [0, 0.05) is 18.2 Å². The molecule has 2 aromatic rings. The van der Waals surface area contributed by atoms with Gasteiger partial charge in [0.2, 0.25) is 0 Å². The van der Waals surface area contributed by atoms with Crippen LogP contribution in [0.5, 0.6) is 5.75 Å². The number of aromatic nitrogens is 2. The molecule has 0 atom stereocenters. The topological polar surface area (TPSA) is 87.3 Å². The van der Waals surface area contributed by atoms with Gasteiger partial charge in [-0.1, -0.05) is 6.92 Å². The minimum atomic E-state index is -0.564. The number of imidazole rings is 1. The number of aldehydes is 1. The van der Waals surface area contributed by atoms with Crippen LogP contribution < -0.4 is 4.74 Å². The van der Waals surface area contributed by atoms with E-state index in [1.807, 2.05) is 11.5 Å². The molecule has 0 aliphatic rings. The molecule has 0 amide bonds. The number of carbonyl (C=O) groups is 1. The summed E-state index contributed by atoms with van der Waals surface area (Å²) in [4.78, 5) is 25.2. The number of hydrogen-bond acceptors (Lipinski definition) is 5. The molecule has 0 spiro atoms. The predicted octanol–water partition coefficient (Wildman–Crippen LogP) is 2.59. The molecule has 0 N–H and O–H groups in total. The molecule has 7 nitrogen and oxygen atoms in total. The fourth-order valence-corrected chi connectivity index (χ4v) is 1.93. The van der Waals surface area contributed by atoms with Crippen LogP contribution in [0.15, 0.2) is 30.7 Å². The maximum atomic E-state index is 11.0. The molecular formula is C14H15N3O4. The van der Waals surface area contributed by atoms with E-state index in [0.717, 1.165) is 18.7 Å². The first-order valence-electron chi connectivity index (χ1n) is 6.51. The van der Waals surface area contributed by atoms with Crippen molar-refractivity contribution in [3.05, 3.63) is 52.1 Å². The lowest BCUT2D eigenvalue weighted by Crippen LogP contribution is -2.06. The second kappa shape index (κ2) is 6.65. The van der Waals surface area contributed by atoms with Gasteiger partial charge in [-0.3, -0.25) is 14.9 Å². The third-order valence-corrected chi connectivity index (χ3v) is 2.95. The molecule has 0 fully saturated rings. The van der Waals surface area contributed by atoms with Gasteiger partial charge in [0.1, 0.15) is 12.9 Å². The fourth-order valence-electron chi connectivity index (χ4n) is 1.93. The van der Waals surface area contributed by atoms with Gasteiger partial charge in [-0.05, 0) is 18.6 Å². The van der Waals surface area contributed by atoms with Crippen molar-refractivity contribution in [2.45, 2.75) is 26.5 Å². The Kier molecular flexibility index (Phi) is 4.65. The number of nitrogens with zero attached hydrogens (tertiary/aromatic N) is 3. The van der Waals surface area contributed by atoms with Crippen molar-refractivity contribution in [3.8, 4) is 5.75 Å². The lowest BCUT2D eigenvalue weighted by Gasteiger charge is -2.09. The number of nitro benzene ring substituents is 1. The van der Waals surface area contributed by atoms with E-state index >= 15 is 0 Å². The van der Waals surface area contributed by atoms with Crippen molar-refractivity contribution in [1.82, 2.24) is 9.55 Å². The molecule has 2 rings (SSSR count). The first-order valence-corrected chi connectivity index (χ1v) is 6.51. The third-order valence-electron chi connectivity index (χ3n) is 2.95. The standard InChI is InChI=1S/C14H15N3O4/c1-2-5-16-10-15-7-12(16)9-21-14-4-3-11(8-18)6-13(14)17(19)20/h3-4,6-8,10H,2,5,9H2,1H3. The zero-order chi connectivity index (χ0) is 15.2. The monoisotopic (exact) mass is 289 g/mol. The average Bonchev–Trinajstić information content (AvgIpc) is 2.92. The molecule has 110 valence electrons. The first-order chi connectivity index (χ1) is 10.2. The Bertz CT molecular complexity index is 651. The Morgan fingerprint density at radius 1 is 1.48 bits per heavy atom. The fraction of sp³-hybridized carbons (Fsp3) is 0.286. The van der Waals surface area contributed by atoms with Gasteiger partial charge in [-0.25, -0.2) is 4.98 Å². The summed E-state index contributed by atoms with van der Waals surface area (Å²) in [7, 11) is 0. The van der Waals surface area contributed by atoms with Crippen molar-refractivity contribution in [2.75, 3.05) is 0 Å². The number of aryl methyl sites for hydroxylation is 1. The number of hydrogen-bond donors (Lipinski definition) is 0. The van der Waals surface area contributed by atoms with Gasteiger partial charge in [-0.2, -0.15) is 0 Å². The molecule has 0 aliphatic heterocycles. The molecule has 0 aliphatic carbocycles. The first kappa shape index (κ1) is 14.7. The summed E-state index contributed by atoms with van der Waals surface area (Å²) in [5.41, 5.74) is 0.858. The van der Waals surface area contributed by atoms with E-state index in [1.54, 1.807) is 12.5 Å². The van der Waals surface area contributed by atoms with Crippen LogP contribution >= 0.6 is 0 Å². The largest absolute Gasteiger partial charge is 0.480 e. The van der Waals surface area contributed by atoms with Gasteiger partial charge in [0.15, 0.2) is 5.75 Å². The predicted molar refractivity (Wildman–Crippen MR) is 75.3 cm³/mol. The quantitative estimate of drug-likeness (QED) is 0.444. The molecule has 0 bridgehead atoms. The van der Waals surface area contributed by atoms with E-state index in [-0.39, 0.29) is 23.6 Å². The lowest BCUT2D eigenvalue weighted by atomic mass is 10.2. The lowest BCUT2D eigenvalue weighted by molar-refractivity contribution is -0.386. The highest BCUT2D eigenvalue weighted by atomic mass is 16.6. The van der Waals surface area contributed by atoms with Crippen LogP contribution in [0.3, 0.4) is 0 Å². The van der Waals surface area contributed by atoms with Gasteiger partial charge in [0.25, 0.3) is 0 Å². The molecular weight excluding hydrogens is 274 g/mol. The number of nitro groups is 1. The minimum Gasteiger partial charge on any atom is -0.480 e. The molecule has 7 heteroatoms. The molecule has 1 aromatic carbocycles. The molecule has 1 heterocycles. The second-order valence-corrected chi connectivity index (χ2v) is 4.47. The number of rotatable bonds is 7. The minimum absolute atomic E-state index is 0.134. The van der Waals surface area contributed by atoms with Crippen molar-refractivity contribution >= 4 is 12.0 Å². The van der Waals surface area contributed by atoms with Crippen LogP contribution in [-0.4, -0.2) is 20.8 Å². The molecule has 0 radical (unpaired) electrons. The highest BCUT2D eigenvalue weighted by Crippen LogP contribution is 2.28. The second-order valence-electron chi connectivity index (χ2n) is 4.47. The summed E-state index contributed by atoms with van der Waals surface area (Å²) in [5, 5.41) is 11.0. The smallest absolute Gasteiger partial charge is 0.311 e. The van der Waals surface area contributed by atoms with E-state index in [9.17, 15) is 14.9 Å². The summed E-state index contributed by atoms with van der Waals surface area (Å²) in [6.07, 6.45) is 4.89. The Morgan fingerprint density at radius 2 is 2.29 bits per heavy atom. The summed E-state index contributed by atoms with van der Waals surface area (Å²) in [6.45, 7) is 3.04. The van der Waals surface area contributed by atoms with Crippen LogP contribution in [-0.2, 0) is 13.2 Å². The van der Waals surface area contributed by atoms with Gasteiger partial charge >= 0.3 is 5.69 Å². The van der Waals surface area contributed by atoms with Crippen molar-refractivity contribution < 1.29 is 14.5 Å². The Hall–Kier alpha value is -2.70. The van der Waals surface area contributed by atoms with Crippen molar-refractivity contribution in [3.63, 3.8) is 0 Å². The zero-order valence-electron chi connectivity index (χ0n) is 11.6. The third kappa shape index (κ3) is 3.44. The van der Waals surface area contributed by atoms with Crippen LogP contribution in [0, 0.1) is 10.1 Å². The Balaban J connectivity index is 2.17. The van der Waals surface area contributed by atoms with Gasteiger partial charge in [-0.15, -0.1) is 0 Å². The summed E-state index contributed by atoms with van der Waals surface area (Å²) < 4.78 is 7.45. The van der Waals surface area contributed by atoms with Gasteiger partial charge in [0.05, 0.1) is 23.1 Å². The Morgan fingerprint density at radius 3 is 2.95 bits per heavy atom. The normalized spacial score (nSPS) is 10.3. The SMILES string of the molecule is CCCn1cncc1COc1ccc(C=O)cc1[N+](=O)[O-]. The van der Waals surface area contributed by atoms with E-state index in [1.165, 1.54) is 18.2 Å². The van der Waals surface area contributed by atoms with Crippen LogP contribution in [0.2, 0.25) is 0 Å². The Labute approximate surface area is 121 Å². The van der Waals surface area contributed by atoms with Crippen molar-refractivity contribution in [1.29, 1.82) is 0 Å². The van der Waals surface area contributed by atoms with Crippen LogP contribution in [0.25, 0.3) is 0 Å². The highest BCUT2D eigenvalue weighted by Gasteiger charge is 2.16. The maximum Gasteiger partial charge on any atom is 0.311 e. The zero-order valence-corrected chi connectivity index (χ0v) is 11.6. The summed E-state index contributed by atoms with van der Waals surface area (Å²) >= 11 is 0. The van der Waals surface area contributed by atoms with Gasteiger partial charge < -0.3 is 9.30 Å². The van der Waals surface area contributed by atoms with Crippen LogP contribution in [0.1, 0.15) is 29.4 Å². The number of carbonyl (C=O) groups excluding carboxylic acids is 1. The van der Waals surface area contributed by atoms with E-state index in [2.05, 4.69) is 4.98 Å². The van der Waals surface area contributed by atoms with E-state index < -0.39 is 4.92 Å². The summed E-state index contributed by atoms with van der Waals surface area (Å²) in [6, 6.07) is 4.12. The van der Waals surface area contributed by atoms with Crippen LogP contribution in [0.4, 0.5) is 5.69 Å². The molecule has 0 saturated carbocycles. The number of benzene rings is 1. The van der Waals surface area contributed by atoms with E-state index in [0.29, 0.717) is 6.29 Å². The summed E-state index contributed by atoms with van der Waals surface area (Å²) in [5.74, 6) is 0.134. The molecule has 0 unspecified atom stereocenters. The van der Waals surface area contributed by atoms with E-state index in [4.69, 9.17) is 4.74 Å². The maximum absolute atomic E-state index is 11.0. The van der Waals surface area contributed by atoms with Crippen molar-refractivity contribution in [2.24, 2.45) is 0 Å². The molecule has 0 saturated heterocycles. The highest BCUT2D eigenvalue weighted by molar-refractivity contribution is 5.77.